The fourth-order valence-electron chi connectivity index (χ4n) is 4.51. The Kier molecular flexibility index (Phi) is 5.43. The normalized spacial score (nSPS) is 19.4. The lowest BCUT2D eigenvalue weighted by molar-refractivity contribution is -0.135. The maximum absolute atomic E-state index is 13.1. The Balaban J connectivity index is 1.69. The van der Waals surface area contributed by atoms with Crippen LogP contribution >= 0.6 is 0 Å². The molecule has 0 aliphatic carbocycles. The van der Waals surface area contributed by atoms with Gasteiger partial charge < -0.3 is 9.80 Å². The SMILES string of the molecule is CCCC(=O)N1CCc2nc3cc([C@@H]4CCCCN4C(=O)CC)[nH]n3c(=O)c2C1. The average Bonchev–Trinajstić information content (AvgIpc) is 3.17. The molecule has 0 saturated carbocycles. The molecule has 0 aromatic carbocycles. The van der Waals surface area contributed by atoms with Crippen LogP contribution in [0.3, 0.4) is 0 Å². The molecule has 2 amide bonds. The van der Waals surface area contributed by atoms with Crippen molar-refractivity contribution in [3.8, 4) is 0 Å². The molecule has 8 heteroatoms. The standard InChI is InChI=1S/C21H29N5O3/c1-3-7-20(28)24-11-9-15-14(13-24)21(29)26-18(22-15)12-16(23-26)17-8-5-6-10-25(17)19(27)4-2/h12,17,23H,3-11,13H2,1-2H3/t17-/m0/s1. The van der Waals surface area contributed by atoms with Crippen molar-refractivity contribution in [3.05, 3.63) is 33.4 Å². The molecule has 1 atom stereocenters. The van der Waals surface area contributed by atoms with E-state index in [2.05, 4.69) is 5.10 Å². The van der Waals surface area contributed by atoms with E-state index in [1.165, 1.54) is 4.52 Å². The van der Waals surface area contributed by atoms with Crippen molar-refractivity contribution in [3.63, 3.8) is 0 Å². The number of H-pyrrole nitrogens is 1. The van der Waals surface area contributed by atoms with Gasteiger partial charge in [-0.1, -0.05) is 13.8 Å². The van der Waals surface area contributed by atoms with Gasteiger partial charge in [-0.2, -0.15) is 0 Å². The van der Waals surface area contributed by atoms with E-state index < -0.39 is 0 Å². The monoisotopic (exact) mass is 399 g/mol. The van der Waals surface area contributed by atoms with Crippen LogP contribution in [0.4, 0.5) is 0 Å². The van der Waals surface area contributed by atoms with E-state index in [0.29, 0.717) is 43.6 Å². The maximum atomic E-state index is 13.1. The minimum atomic E-state index is -0.144. The summed E-state index contributed by atoms with van der Waals surface area (Å²) in [5, 5.41) is 3.21. The molecular weight excluding hydrogens is 370 g/mol. The Labute approximate surface area is 169 Å². The number of carbonyl (C=O) groups is 2. The van der Waals surface area contributed by atoms with E-state index in [4.69, 9.17) is 4.98 Å². The number of rotatable bonds is 4. The smallest absolute Gasteiger partial charge is 0.277 e. The first-order valence-electron chi connectivity index (χ1n) is 10.7. The largest absolute Gasteiger partial charge is 0.338 e. The Bertz CT molecular complexity index is 992. The topological polar surface area (TPSA) is 90.8 Å². The fraction of sp³-hybridized carbons (Fsp3) is 0.619. The summed E-state index contributed by atoms with van der Waals surface area (Å²) >= 11 is 0. The summed E-state index contributed by atoms with van der Waals surface area (Å²) in [6.45, 7) is 5.54. The van der Waals surface area contributed by atoms with Crippen molar-refractivity contribution >= 4 is 17.5 Å². The first-order valence-corrected chi connectivity index (χ1v) is 10.7. The zero-order chi connectivity index (χ0) is 20.5. The van der Waals surface area contributed by atoms with Gasteiger partial charge in [-0.25, -0.2) is 9.50 Å². The third-order valence-corrected chi connectivity index (χ3v) is 6.08. The number of carbonyl (C=O) groups excluding carboxylic acids is 2. The van der Waals surface area contributed by atoms with Crippen molar-refractivity contribution in [1.29, 1.82) is 0 Å². The quantitative estimate of drug-likeness (QED) is 0.853. The van der Waals surface area contributed by atoms with Crippen LogP contribution in [-0.2, 0) is 22.6 Å². The third kappa shape index (κ3) is 3.56. The summed E-state index contributed by atoms with van der Waals surface area (Å²) in [7, 11) is 0. The highest BCUT2D eigenvalue weighted by molar-refractivity contribution is 5.77. The van der Waals surface area contributed by atoms with Gasteiger partial charge in [-0.3, -0.25) is 19.5 Å². The molecule has 29 heavy (non-hydrogen) atoms. The van der Waals surface area contributed by atoms with Gasteiger partial charge >= 0.3 is 0 Å². The molecule has 0 unspecified atom stereocenters. The summed E-state index contributed by atoms with van der Waals surface area (Å²) in [5.41, 5.74) is 2.68. The van der Waals surface area contributed by atoms with Gasteiger partial charge in [0.2, 0.25) is 11.8 Å². The highest BCUT2D eigenvalue weighted by Crippen LogP contribution is 2.31. The zero-order valence-electron chi connectivity index (χ0n) is 17.2. The third-order valence-electron chi connectivity index (χ3n) is 6.08. The summed E-state index contributed by atoms with van der Waals surface area (Å²) in [6.07, 6.45) is 5.32. The van der Waals surface area contributed by atoms with Crippen LogP contribution in [0.15, 0.2) is 10.9 Å². The second-order valence-electron chi connectivity index (χ2n) is 8.01. The van der Waals surface area contributed by atoms with Gasteiger partial charge in [0.1, 0.15) is 0 Å². The predicted molar refractivity (Wildman–Crippen MR) is 108 cm³/mol. The molecule has 4 rings (SSSR count). The van der Waals surface area contributed by atoms with Crippen LogP contribution in [0.2, 0.25) is 0 Å². The van der Waals surface area contributed by atoms with E-state index in [1.807, 2.05) is 24.8 Å². The number of fused-ring (bicyclic) bond motifs is 2. The number of hydrogen-bond donors (Lipinski definition) is 1. The number of aromatic amines is 1. The minimum Gasteiger partial charge on any atom is -0.338 e. The molecule has 1 saturated heterocycles. The number of aromatic nitrogens is 3. The second-order valence-corrected chi connectivity index (χ2v) is 8.01. The zero-order valence-corrected chi connectivity index (χ0v) is 17.2. The molecule has 2 aliphatic heterocycles. The van der Waals surface area contributed by atoms with Crippen LogP contribution in [0.5, 0.6) is 0 Å². The van der Waals surface area contributed by atoms with E-state index in [9.17, 15) is 14.4 Å². The Morgan fingerprint density at radius 3 is 2.79 bits per heavy atom. The highest BCUT2D eigenvalue weighted by atomic mass is 16.2. The first kappa shape index (κ1) is 19.7. The van der Waals surface area contributed by atoms with Crippen molar-refractivity contribution in [2.24, 2.45) is 0 Å². The molecule has 8 nitrogen and oxygen atoms in total. The van der Waals surface area contributed by atoms with E-state index in [0.717, 1.165) is 43.6 Å². The van der Waals surface area contributed by atoms with Crippen molar-refractivity contribution in [2.45, 2.75) is 71.4 Å². The van der Waals surface area contributed by atoms with Crippen LogP contribution < -0.4 is 5.56 Å². The summed E-state index contributed by atoms with van der Waals surface area (Å²) in [5.74, 6) is 0.226. The minimum absolute atomic E-state index is 0.0445. The summed E-state index contributed by atoms with van der Waals surface area (Å²) < 4.78 is 1.48. The molecule has 0 bridgehead atoms. The fourth-order valence-corrected chi connectivity index (χ4v) is 4.51. The molecule has 1 N–H and O–H groups in total. The average molecular weight is 399 g/mol. The van der Waals surface area contributed by atoms with E-state index >= 15 is 0 Å². The number of hydrogen-bond acceptors (Lipinski definition) is 4. The first-order chi connectivity index (χ1) is 14.0. The number of piperidine rings is 1. The Morgan fingerprint density at radius 1 is 1.21 bits per heavy atom. The van der Waals surface area contributed by atoms with E-state index in [-0.39, 0.29) is 23.4 Å². The molecule has 156 valence electrons. The molecule has 0 radical (unpaired) electrons. The molecule has 0 spiro atoms. The molecule has 1 fully saturated rings. The van der Waals surface area contributed by atoms with E-state index in [1.54, 1.807) is 4.90 Å². The Morgan fingerprint density at radius 2 is 2.03 bits per heavy atom. The number of nitrogens with one attached hydrogen (secondary N) is 1. The number of amides is 2. The molecule has 2 aliphatic rings. The van der Waals surface area contributed by atoms with Gasteiger partial charge in [-0.15, -0.1) is 0 Å². The van der Waals surface area contributed by atoms with Gasteiger partial charge in [0.15, 0.2) is 5.65 Å². The molecule has 4 heterocycles. The number of likely N-dealkylation sites (tertiary alicyclic amines) is 1. The van der Waals surface area contributed by atoms with Crippen molar-refractivity contribution in [1.82, 2.24) is 24.4 Å². The second kappa shape index (κ2) is 8.00. The van der Waals surface area contributed by atoms with Gasteiger partial charge in [-0.05, 0) is 25.7 Å². The van der Waals surface area contributed by atoms with Crippen LogP contribution in [-0.4, -0.2) is 49.3 Å². The number of nitrogens with zero attached hydrogens (tertiary/aromatic N) is 4. The van der Waals surface area contributed by atoms with Crippen molar-refractivity contribution < 1.29 is 9.59 Å². The predicted octanol–water partition coefficient (Wildman–Crippen LogP) is 2.17. The Hall–Kier alpha value is -2.64. The lowest BCUT2D eigenvalue weighted by Gasteiger charge is -2.35. The summed E-state index contributed by atoms with van der Waals surface area (Å²) in [4.78, 5) is 46.2. The lowest BCUT2D eigenvalue weighted by Crippen LogP contribution is -2.40. The lowest BCUT2D eigenvalue weighted by atomic mass is 9.99. The molecular formula is C21H29N5O3. The van der Waals surface area contributed by atoms with Crippen LogP contribution in [0, 0.1) is 0 Å². The van der Waals surface area contributed by atoms with Crippen LogP contribution in [0.1, 0.15) is 75.4 Å². The van der Waals surface area contributed by atoms with Gasteiger partial charge in [0.25, 0.3) is 5.56 Å². The van der Waals surface area contributed by atoms with Gasteiger partial charge in [0, 0.05) is 38.4 Å². The van der Waals surface area contributed by atoms with Gasteiger partial charge in [0.05, 0.1) is 29.5 Å². The molecule has 2 aromatic rings. The van der Waals surface area contributed by atoms with Crippen LogP contribution in [0.25, 0.3) is 5.65 Å². The highest BCUT2D eigenvalue weighted by Gasteiger charge is 2.30. The molecule has 2 aromatic heterocycles. The maximum Gasteiger partial charge on any atom is 0.277 e. The van der Waals surface area contributed by atoms with Crippen molar-refractivity contribution in [2.75, 3.05) is 13.1 Å². The summed E-state index contributed by atoms with van der Waals surface area (Å²) in [6, 6.07) is 1.86.